The standard InChI is InChI=1S/C21H25ClN2O/c1-24(14-17-7-5-10-19(22)13-17)15-20(25)23-16-21(11-6-12-21)18-8-3-2-4-9-18/h2-5,7-10,13H,6,11-12,14-16H2,1H3,(H,23,25). The van der Waals surface area contributed by atoms with E-state index in [9.17, 15) is 4.79 Å². The Kier molecular flexibility index (Phi) is 5.77. The van der Waals surface area contributed by atoms with Crippen LogP contribution in [-0.4, -0.2) is 30.9 Å². The van der Waals surface area contributed by atoms with E-state index in [1.54, 1.807) is 0 Å². The molecule has 0 radical (unpaired) electrons. The van der Waals surface area contributed by atoms with Gasteiger partial charge in [0.2, 0.25) is 5.91 Å². The first-order valence-electron chi connectivity index (χ1n) is 8.83. The number of hydrogen-bond acceptors (Lipinski definition) is 2. The van der Waals surface area contributed by atoms with Crippen LogP contribution in [0.3, 0.4) is 0 Å². The highest BCUT2D eigenvalue weighted by Crippen LogP contribution is 2.43. The molecule has 1 aliphatic carbocycles. The van der Waals surface area contributed by atoms with Gasteiger partial charge in [-0.3, -0.25) is 9.69 Å². The number of hydrogen-bond donors (Lipinski definition) is 1. The largest absolute Gasteiger partial charge is 0.354 e. The highest BCUT2D eigenvalue weighted by Gasteiger charge is 2.38. The van der Waals surface area contributed by atoms with E-state index in [-0.39, 0.29) is 11.3 Å². The van der Waals surface area contributed by atoms with Crippen molar-refractivity contribution in [3.8, 4) is 0 Å². The fourth-order valence-electron chi connectivity index (χ4n) is 3.53. The van der Waals surface area contributed by atoms with E-state index in [4.69, 9.17) is 11.6 Å². The molecule has 1 aliphatic rings. The average Bonchev–Trinajstić information content (AvgIpc) is 2.54. The summed E-state index contributed by atoms with van der Waals surface area (Å²) in [7, 11) is 1.96. The second kappa shape index (κ2) is 8.03. The molecule has 2 aromatic carbocycles. The van der Waals surface area contributed by atoms with Crippen molar-refractivity contribution >= 4 is 17.5 Å². The van der Waals surface area contributed by atoms with Gasteiger partial charge in [0.05, 0.1) is 6.54 Å². The number of nitrogens with one attached hydrogen (secondary N) is 1. The number of carbonyl (C=O) groups excluding carboxylic acids is 1. The molecule has 1 N–H and O–H groups in total. The number of benzene rings is 2. The van der Waals surface area contributed by atoms with Crippen LogP contribution < -0.4 is 5.32 Å². The predicted octanol–water partition coefficient (Wildman–Crippen LogP) is 4.01. The van der Waals surface area contributed by atoms with E-state index in [2.05, 4.69) is 29.6 Å². The van der Waals surface area contributed by atoms with Crippen molar-refractivity contribution in [1.82, 2.24) is 10.2 Å². The Labute approximate surface area is 155 Å². The Morgan fingerprint density at radius 1 is 1.16 bits per heavy atom. The van der Waals surface area contributed by atoms with Crippen molar-refractivity contribution in [3.63, 3.8) is 0 Å². The van der Waals surface area contributed by atoms with Gasteiger partial charge in [-0.25, -0.2) is 0 Å². The van der Waals surface area contributed by atoms with E-state index in [1.807, 2.05) is 42.3 Å². The second-order valence-electron chi connectivity index (χ2n) is 7.08. The summed E-state index contributed by atoms with van der Waals surface area (Å²) in [4.78, 5) is 14.4. The van der Waals surface area contributed by atoms with Gasteiger partial charge in [0.25, 0.3) is 0 Å². The van der Waals surface area contributed by atoms with Gasteiger partial charge in [0.1, 0.15) is 0 Å². The summed E-state index contributed by atoms with van der Waals surface area (Å²) in [6.07, 6.45) is 3.53. The smallest absolute Gasteiger partial charge is 0.234 e. The first kappa shape index (κ1) is 18.0. The van der Waals surface area contributed by atoms with Crippen LogP contribution in [0.25, 0.3) is 0 Å². The van der Waals surface area contributed by atoms with Gasteiger partial charge in [-0.05, 0) is 43.1 Å². The lowest BCUT2D eigenvalue weighted by Gasteiger charge is -2.42. The fourth-order valence-corrected chi connectivity index (χ4v) is 3.75. The van der Waals surface area contributed by atoms with Crippen LogP contribution in [0, 0.1) is 0 Å². The summed E-state index contributed by atoms with van der Waals surface area (Å²) >= 11 is 6.02. The normalized spacial score (nSPS) is 15.6. The molecule has 0 atom stereocenters. The SMILES string of the molecule is CN(CC(=O)NCC1(c2ccccc2)CCC1)Cc1cccc(Cl)c1. The number of halogens is 1. The first-order valence-corrected chi connectivity index (χ1v) is 9.20. The lowest BCUT2D eigenvalue weighted by Crippen LogP contribution is -2.47. The summed E-state index contributed by atoms with van der Waals surface area (Å²) in [6, 6.07) is 18.3. The van der Waals surface area contributed by atoms with Crippen molar-refractivity contribution in [2.24, 2.45) is 0 Å². The molecule has 132 valence electrons. The van der Waals surface area contributed by atoms with Crippen molar-refractivity contribution in [1.29, 1.82) is 0 Å². The maximum atomic E-state index is 12.3. The van der Waals surface area contributed by atoms with Gasteiger partial charge in [-0.2, -0.15) is 0 Å². The van der Waals surface area contributed by atoms with Crippen LogP contribution in [0.15, 0.2) is 54.6 Å². The molecule has 2 aromatic rings. The molecule has 1 saturated carbocycles. The van der Waals surface area contributed by atoms with E-state index in [0.29, 0.717) is 13.1 Å². The Bertz CT molecular complexity index is 713. The molecule has 0 aromatic heterocycles. The Morgan fingerprint density at radius 3 is 2.56 bits per heavy atom. The molecular formula is C21H25ClN2O. The Morgan fingerprint density at radius 2 is 1.92 bits per heavy atom. The van der Waals surface area contributed by atoms with E-state index in [0.717, 1.165) is 30.0 Å². The molecule has 0 unspecified atom stereocenters. The molecule has 0 spiro atoms. The van der Waals surface area contributed by atoms with Crippen LogP contribution in [0.5, 0.6) is 0 Å². The van der Waals surface area contributed by atoms with Crippen LogP contribution in [0.1, 0.15) is 30.4 Å². The molecule has 25 heavy (non-hydrogen) atoms. The Hall–Kier alpha value is -1.84. The second-order valence-corrected chi connectivity index (χ2v) is 7.52. The van der Waals surface area contributed by atoms with Gasteiger partial charge in [0.15, 0.2) is 0 Å². The molecular weight excluding hydrogens is 332 g/mol. The van der Waals surface area contributed by atoms with Crippen LogP contribution >= 0.6 is 11.6 Å². The van der Waals surface area contributed by atoms with E-state index < -0.39 is 0 Å². The third-order valence-corrected chi connectivity index (χ3v) is 5.31. The topological polar surface area (TPSA) is 32.3 Å². The predicted molar refractivity (Wildman–Crippen MR) is 103 cm³/mol. The third-order valence-electron chi connectivity index (χ3n) is 5.08. The van der Waals surface area contributed by atoms with Crippen molar-refractivity contribution in [2.75, 3.05) is 20.1 Å². The summed E-state index contributed by atoms with van der Waals surface area (Å²) in [6.45, 7) is 1.82. The summed E-state index contributed by atoms with van der Waals surface area (Å²) in [5.74, 6) is 0.0757. The van der Waals surface area contributed by atoms with Gasteiger partial charge in [0, 0.05) is 23.5 Å². The van der Waals surface area contributed by atoms with Crippen molar-refractivity contribution in [3.05, 3.63) is 70.7 Å². The minimum Gasteiger partial charge on any atom is -0.354 e. The lowest BCUT2D eigenvalue weighted by atomic mass is 9.64. The maximum absolute atomic E-state index is 12.3. The zero-order valence-corrected chi connectivity index (χ0v) is 15.4. The van der Waals surface area contributed by atoms with Gasteiger partial charge in [-0.1, -0.05) is 60.5 Å². The summed E-state index contributed by atoms with van der Waals surface area (Å²) in [5.41, 5.74) is 2.58. The third kappa shape index (κ3) is 4.62. The van der Waals surface area contributed by atoms with E-state index >= 15 is 0 Å². The van der Waals surface area contributed by atoms with Gasteiger partial charge in [-0.15, -0.1) is 0 Å². The molecule has 3 nitrogen and oxygen atoms in total. The van der Waals surface area contributed by atoms with Crippen molar-refractivity contribution < 1.29 is 4.79 Å². The number of likely N-dealkylation sites (N-methyl/N-ethyl adjacent to an activating group) is 1. The lowest BCUT2D eigenvalue weighted by molar-refractivity contribution is -0.122. The number of nitrogens with zero attached hydrogens (tertiary/aromatic N) is 1. The van der Waals surface area contributed by atoms with Crippen LogP contribution in [0.4, 0.5) is 0 Å². The molecule has 0 heterocycles. The minimum atomic E-state index is 0.0757. The van der Waals surface area contributed by atoms with Crippen molar-refractivity contribution in [2.45, 2.75) is 31.2 Å². The zero-order valence-electron chi connectivity index (χ0n) is 14.7. The molecule has 1 amide bonds. The molecule has 3 rings (SSSR count). The molecule has 1 fully saturated rings. The monoisotopic (exact) mass is 356 g/mol. The van der Waals surface area contributed by atoms with E-state index in [1.165, 1.54) is 12.0 Å². The number of carbonyl (C=O) groups is 1. The fraction of sp³-hybridized carbons (Fsp3) is 0.381. The number of rotatable bonds is 7. The molecule has 0 bridgehead atoms. The minimum absolute atomic E-state index is 0.0757. The van der Waals surface area contributed by atoms with Crippen LogP contribution in [0.2, 0.25) is 5.02 Å². The number of amides is 1. The first-order chi connectivity index (χ1) is 12.1. The molecule has 0 aliphatic heterocycles. The molecule has 4 heteroatoms. The highest BCUT2D eigenvalue weighted by atomic mass is 35.5. The van der Waals surface area contributed by atoms with Gasteiger partial charge >= 0.3 is 0 Å². The maximum Gasteiger partial charge on any atom is 0.234 e. The summed E-state index contributed by atoms with van der Waals surface area (Å²) in [5, 5.41) is 3.87. The van der Waals surface area contributed by atoms with Crippen LogP contribution in [-0.2, 0) is 16.8 Å². The average molecular weight is 357 g/mol. The Balaban J connectivity index is 1.50. The van der Waals surface area contributed by atoms with Gasteiger partial charge < -0.3 is 5.32 Å². The highest BCUT2D eigenvalue weighted by molar-refractivity contribution is 6.30. The summed E-state index contributed by atoms with van der Waals surface area (Å²) < 4.78 is 0. The zero-order chi connectivity index (χ0) is 17.7. The molecule has 0 saturated heterocycles. The quantitative estimate of drug-likeness (QED) is 0.813.